The van der Waals surface area contributed by atoms with E-state index in [1.165, 1.54) is 16.0 Å². The highest BCUT2D eigenvalue weighted by atomic mass is 32.1. The van der Waals surface area contributed by atoms with Gasteiger partial charge in [-0.2, -0.15) is 0 Å². The Kier molecular flexibility index (Phi) is 3.35. The molecule has 0 saturated heterocycles. The molecule has 3 rings (SSSR count). The van der Waals surface area contributed by atoms with E-state index in [1.54, 1.807) is 0 Å². The minimum atomic E-state index is 0.280. The van der Waals surface area contributed by atoms with Crippen LogP contribution in [0.3, 0.4) is 0 Å². The van der Waals surface area contributed by atoms with Crippen molar-refractivity contribution >= 4 is 11.3 Å². The van der Waals surface area contributed by atoms with Crippen molar-refractivity contribution in [1.82, 2.24) is 5.32 Å². The van der Waals surface area contributed by atoms with Crippen molar-refractivity contribution in [3.63, 3.8) is 0 Å². The van der Waals surface area contributed by atoms with Crippen LogP contribution in [0.4, 0.5) is 0 Å². The lowest BCUT2D eigenvalue weighted by molar-refractivity contribution is 0.227. The summed E-state index contributed by atoms with van der Waals surface area (Å²) in [4.78, 5) is 1.42. The number of fused-ring (bicyclic) bond motifs is 1. The van der Waals surface area contributed by atoms with Gasteiger partial charge in [0.15, 0.2) is 0 Å². The highest BCUT2D eigenvalue weighted by molar-refractivity contribution is 7.10. The quantitative estimate of drug-likeness (QED) is 0.910. The smallest absolute Gasteiger partial charge is 0.123 e. The number of hydrogen-bond donors (Lipinski definition) is 1. The molecule has 0 aliphatic carbocycles. The molecule has 94 valence electrons. The van der Waals surface area contributed by atoms with Gasteiger partial charge in [0.2, 0.25) is 0 Å². The molecule has 1 aromatic heterocycles. The molecule has 18 heavy (non-hydrogen) atoms. The van der Waals surface area contributed by atoms with E-state index >= 15 is 0 Å². The minimum absolute atomic E-state index is 0.280. The molecule has 1 atom stereocenters. The van der Waals surface area contributed by atoms with E-state index in [0.717, 1.165) is 25.3 Å². The Hall–Kier alpha value is -1.32. The number of rotatable bonds is 4. The summed E-state index contributed by atoms with van der Waals surface area (Å²) >= 11 is 1.82. The van der Waals surface area contributed by atoms with Crippen LogP contribution < -0.4 is 10.1 Å². The lowest BCUT2D eigenvalue weighted by Crippen LogP contribution is -2.29. The summed E-state index contributed by atoms with van der Waals surface area (Å²) in [7, 11) is 0. The monoisotopic (exact) mass is 259 g/mol. The average Bonchev–Trinajstić information content (AvgIpc) is 2.96. The molecule has 0 bridgehead atoms. The number of thiophene rings is 1. The van der Waals surface area contributed by atoms with Crippen molar-refractivity contribution < 1.29 is 4.74 Å². The molecule has 0 radical (unpaired) electrons. The third kappa shape index (κ3) is 2.42. The first-order valence-corrected chi connectivity index (χ1v) is 7.19. The second-order valence-corrected chi connectivity index (χ2v) is 5.71. The van der Waals surface area contributed by atoms with Gasteiger partial charge in [-0.3, -0.25) is 0 Å². The SMILES string of the molecule is Cc1ccsc1CNC[C@H]1Cc2ccccc2O1. The van der Waals surface area contributed by atoms with E-state index in [4.69, 9.17) is 4.74 Å². The van der Waals surface area contributed by atoms with Crippen LogP contribution >= 0.6 is 11.3 Å². The summed E-state index contributed by atoms with van der Waals surface area (Å²) in [5.41, 5.74) is 2.71. The molecular formula is C15H17NOS. The average molecular weight is 259 g/mol. The molecule has 0 spiro atoms. The maximum Gasteiger partial charge on any atom is 0.123 e. The molecule has 1 aliphatic heterocycles. The van der Waals surface area contributed by atoms with E-state index < -0.39 is 0 Å². The Morgan fingerprint density at radius 1 is 1.33 bits per heavy atom. The molecule has 2 aromatic rings. The standard InChI is InChI=1S/C15H17NOS/c1-11-6-7-18-15(11)10-16-9-13-8-12-4-2-3-5-14(12)17-13/h2-7,13,16H,8-10H2,1H3/t13-/m1/s1. The lowest BCUT2D eigenvalue weighted by Gasteiger charge is -2.11. The van der Waals surface area contributed by atoms with E-state index in [2.05, 4.69) is 41.9 Å². The Bertz CT molecular complexity index is 510. The summed E-state index contributed by atoms with van der Waals surface area (Å²) in [6.45, 7) is 4.02. The zero-order chi connectivity index (χ0) is 12.4. The van der Waals surface area contributed by atoms with Gasteiger partial charge in [-0.15, -0.1) is 11.3 Å². The Morgan fingerprint density at radius 2 is 2.22 bits per heavy atom. The maximum atomic E-state index is 5.90. The number of hydrogen-bond acceptors (Lipinski definition) is 3. The lowest BCUT2D eigenvalue weighted by atomic mass is 10.1. The highest BCUT2D eigenvalue weighted by Crippen LogP contribution is 2.27. The van der Waals surface area contributed by atoms with Crippen molar-refractivity contribution in [2.24, 2.45) is 0 Å². The second kappa shape index (κ2) is 5.12. The van der Waals surface area contributed by atoms with Gasteiger partial charge in [-0.1, -0.05) is 18.2 Å². The summed E-state index contributed by atoms with van der Waals surface area (Å²) < 4.78 is 5.90. The first-order valence-electron chi connectivity index (χ1n) is 6.31. The maximum absolute atomic E-state index is 5.90. The molecule has 0 unspecified atom stereocenters. The van der Waals surface area contributed by atoms with E-state index in [-0.39, 0.29) is 6.10 Å². The van der Waals surface area contributed by atoms with E-state index in [1.807, 2.05) is 17.4 Å². The van der Waals surface area contributed by atoms with Crippen LogP contribution in [0.1, 0.15) is 16.0 Å². The molecule has 1 N–H and O–H groups in total. The third-order valence-corrected chi connectivity index (χ3v) is 4.36. The zero-order valence-electron chi connectivity index (χ0n) is 10.5. The van der Waals surface area contributed by atoms with Crippen molar-refractivity contribution in [3.05, 3.63) is 51.7 Å². The predicted molar refractivity (Wildman–Crippen MR) is 75.3 cm³/mol. The molecule has 0 fully saturated rings. The number of ether oxygens (including phenoxy) is 1. The second-order valence-electron chi connectivity index (χ2n) is 4.71. The van der Waals surface area contributed by atoms with Gasteiger partial charge in [0, 0.05) is 24.4 Å². The fourth-order valence-electron chi connectivity index (χ4n) is 2.30. The van der Waals surface area contributed by atoms with Crippen LogP contribution in [0, 0.1) is 6.92 Å². The van der Waals surface area contributed by atoms with Crippen LogP contribution in [0.2, 0.25) is 0 Å². The largest absolute Gasteiger partial charge is 0.488 e. The van der Waals surface area contributed by atoms with Crippen molar-refractivity contribution in [3.8, 4) is 5.75 Å². The minimum Gasteiger partial charge on any atom is -0.488 e. The number of para-hydroxylation sites is 1. The molecule has 3 heteroatoms. The van der Waals surface area contributed by atoms with Gasteiger partial charge in [0.1, 0.15) is 11.9 Å². The first kappa shape index (κ1) is 11.8. The van der Waals surface area contributed by atoms with Gasteiger partial charge >= 0.3 is 0 Å². The zero-order valence-corrected chi connectivity index (χ0v) is 11.3. The molecule has 1 aliphatic rings. The van der Waals surface area contributed by atoms with Gasteiger partial charge in [0.05, 0.1) is 0 Å². The van der Waals surface area contributed by atoms with Crippen LogP contribution in [0.25, 0.3) is 0 Å². The van der Waals surface area contributed by atoms with Crippen molar-refractivity contribution in [2.75, 3.05) is 6.54 Å². The summed E-state index contributed by atoms with van der Waals surface area (Å²) in [5, 5.41) is 5.64. The van der Waals surface area contributed by atoms with Gasteiger partial charge < -0.3 is 10.1 Å². The Labute approximate surface area is 112 Å². The Morgan fingerprint density at radius 3 is 3.00 bits per heavy atom. The van der Waals surface area contributed by atoms with Gasteiger partial charge in [-0.25, -0.2) is 0 Å². The predicted octanol–water partition coefficient (Wildman–Crippen LogP) is 3.15. The van der Waals surface area contributed by atoms with E-state index in [9.17, 15) is 0 Å². The van der Waals surface area contributed by atoms with Crippen molar-refractivity contribution in [2.45, 2.75) is 26.0 Å². The number of benzene rings is 1. The third-order valence-electron chi connectivity index (χ3n) is 3.34. The highest BCUT2D eigenvalue weighted by Gasteiger charge is 2.21. The van der Waals surface area contributed by atoms with Gasteiger partial charge in [0.25, 0.3) is 0 Å². The molecule has 0 amide bonds. The molecule has 0 saturated carbocycles. The summed E-state index contributed by atoms with van der Waals surface area (Å²) in [6, 6.07) is 10.5. The normalized spacial score (nSPS) is 17.5. The fraction of sp³-hybridized carbons (Fsp3) is 0.333. The Balaban J connectivity index is 1.50. The molecule has 2 heterocycles. The van der Waals surface area contributed by atoms with Crippen LogP contribution in [-0.4, -0.2) is 12.6 Å². The topological polar surface area (TPSA) is 21.3 Å². The number of aryl methyl sites for hydroxylation is 1. The van der Waals surface area contributed by atoms with Gasteiger partial charge in [-0.05, 0) is 35.6 Å². The molecular weight excluding hydrogens is 242 g/mol. The van der Waals surface area contributed by atoms with Crippen LogP contribution in [-0.2, 0) is 13.0 Å². The van der Waals surface area contributed by atoms with Crippen LogP contribution in [0.5, 0.6) is 5.75 Å². The molecule has 2 nitrogen and oxygen atoms in total. The summed E-state index contributed by atoms with van der Waals surface area (Å²) in [6.07, 6.45) is 1.30. The summed E-state index contributed by atoms with van der Waals surface area (Å²) in [5.74, 6) is 1.05. The fourth-order valence-corrected chi connectivity index (χ4v) is 3.18. The first-order chi connectivity index (χ1) is 8.83. The van der Waals surface area contributed by atoms with Crippen LogP contribution in [0.15, 0.2) is 35.7 Å². The van der Waals surface area contributed by atoms with Crippen molar-refractivity contribution in [1.29, 1.82) is 0 Å². The molecule has 1 aromatic carbocycles. The number of nitrogens with one attached hydrogen (secondary N) is 1. The van der Waals surface area contributed by atoms with E-state index in [0.29, 0.717) is 0 Å².